The molecule has 3 heteroatoms. The molecule has 26 fully saturated rings. The molecular weight excluding hydrogens is 742 g/mol. The van der Waals surface area contributed by atoms with Gasteiger partial charge in [-0.1, -0.05) is 0 Å². The molecule has 298 valence electrons. The maximum atomic E-state index is 2.07. The number of hydrogen-bond acceptors (Lipinski definition) is 0. The van der Waals surface area contributed by atoms with Crippen LogP contribution in [0.25, 0.3) is 0 Å². The van der Waals surface area contributed by atoms with Gasteiger partial charge in [-0.15, -0.1) is 0 Å². The van der Waals surface area contributed by atoms with E-state index in [-0.39, 0.29) is 15.8 Å². The standard InChI is InChI=1S/C47H67P2.C5H5.Fe/c1-2-34(24-48(44-36-8-26-4-27(10-36)11-37(44)9-26)45-38-12-28-5-29(14-38)15-39(45)13-28)35(3-1)25-49(46-40-16-30-6-31(18-40)19-41(46)17-30)47-42-20-32-7-33(22-42)23-43(47)21-32;1-2-4-5-3-1;/h1-3,26-33,36-47H,4-25H2;1-5H;. The van der Waals surface area contributed by atoms with Crippen molar-refractivity contribution in [1.82, 2.24) is 0 Å². The van der Waals surface area contributed by atoms with E-state index in [4.69, 9.17) is 0 Å². The summed E-state index contributed by atoms with van der Waals surface area (Å²) >= 11 is 0. The van der Waals surface area contributed by atoms with Gasteiger partial charge in [0.25, 0.3) is 0 Å². The van der Waals surface area contributed by atoms with E-state index in [1.54, 1.807) is 167 Å². The fraction of sp³-hybridized carbons (Fsp3) is 1.00. The molecule has 0 N–H and O–H groups in total. The number of rotatable bonds is 8. The van der Waals surface area contributed by atoms with Gasteiger partial charge in [0.2, 0.25) is 0 Å². The summed E-state index contributed by atoms with van der Waals surface area (Å²) < 4.78 is 2.36. The second-order valence-corrected chi connectivity index (χ2v) is 59.6. The van der Waals surface area contributed by atoms with Crippen LogP contribution < -0.4 is 0 Å². The molecule has 4 atom stereocenters. The maximum absolute atomic E-state index is 3.58. The molecule has 16 bridgehead atoms. The monoisotopic (exact) mass is 814 g/mol. The number of hydrogen-bond donors (Lipinski definition) is 0. The molecule has 10 aliphatic heterocycles. The van der Waals surface area contributed by atoms with E-state index in [0.717, 1.165) is 0 Å². The average Bonchev–Trinajstić information content (AvgIpc) is 4.10. The van der Waals surface area contributed by atoms with Crippen molar-refractivity contribution in [3.05, 3.63) is 0 Å². The van der Waals surface area contributed by atoms with Crippen LogP contribution in [-0.4, -0.2) is 35.0 Å². The summed E-state index contributed by atoms with van der Waals surface area (Å²) in [5, 5.41) is 0. The van der Waals surface area contributed by atoms with Gasteiger partial charge in [0.1, 0.15) is 0 Å². The van der Waals surface area contributed by atoms with Gasteiger partial charge in [0.05, 0.1) is 0 Å². The molecule has 10 saturated heterocycles. The molecule has 0 amide bonds. The first kappa shape index (κ1) is 28.9. The van der Waals surface area contributed by atoms with Crippen LogP contribution in [0.15, 0.2) is 0 Å². The van der Waals surface area contributed by atoms with Crippen molar-refractivity contribution in [2.24, 2.45) is 94.7 Å². The van der Waals surface area contributed by atoms with E-state index in [1.165, 1.54) is 126 Å². The molecule has 1 spiro atoms. The van der Waals surface area contributed by atoms with E-state index in [1.807, 2.05) is 0 Å². The molecule has 16 aliphatic carbocycles. The molecule has 10 heterocycles. The molecule has 55 heavy (non-hydrogen) atoms. The first-order chi connectivity index (χ1) is 26.8. The van der Waals surface area contributed by atoms with Gasteiger partial charge in [-0.3, -0.25) is 0 Å². The Bertz CT molecular complexity index is 2010. The van der Waals surface area contributed by atoms with Crippen LogP contribution in [0.2, 0.25) is 47.2 Å². The Morgan fingerprint density at radius 2 is 0.509 bits per heavy atom. The Hall–Kier alpha value is 1.38. The fourth-order valence-corrected chi connectivity index (χ4v) is 131. The summed E-state index contributed by atoms with van der Waals surface area (Å²) in [6, 6.07) is 0. The van der Waals surface area contributed by atoms with Gasteiger partial charge in [0, 0.05) is 0 Å². The van der Waals surface area contributed by atoms with Crippen LogP contribution in [0.1, 0.15) is 128 Å². The molecule has 0 nitrogen and oxygen atoms in total. The third-order valence-electron chi connectivity index (χ3n) is 34.6. The summed E-state index contributed by atoms with van der Waals surface area (Å²) in [5.74, 6) is 19.4. The zero-order chi connectivity index (χ0) is 34.2. The molecule has 0 aromatic heterocycles. The topological polar surface area (TPSA) is 0 Å². The summed E-state index contributed by atoms with van der Waals surface area (Å²) in [6.07, 6.45) is 38.8. The Morgan fingerprint density at radius 3 is 0.691 bits per heavy atom. The van der Waals surface area contributed by atoms with Crippen LogP contribution in [-0.2, 0) is 6.51 Å². The van der Waals surface area contributed by atoms with Gasteiger partial charge < -0.3 is 0 Å². The van der Waals surface area contributed by atoms with Crippen molar-refractivity contribution in [2.75, 3.05) is 12.3 Å². The SMILES string of the molecule is C1C2CC3CC1CC(C2)C3P(C[C]12[CH]3[CH]4[CH]5[C]1(CP(C1C6CC7CC(C6)CC1C7)C1C6CC7CC(C6)CC1C7)[Fe]43521678[CH]2[CH]1[CH]6[CH]7[CH]28)C1C2CC3CC(C2)CC1C3. The van der Waals surface area contributed by atoms with Crippen molar-refractivity contribution in [1.29, 1.82) is 0 Å². The second kappa shape index (κ2) is 5.64. The third-order valence-corrected chi connectivity index (χ3v) is 87.3. The van der Waals surface area contributed by atoms with Crippen LogP contribution >= 0.6 is 15.8 Å². The second-order valence-electron chi connectivity index (χ2n) is 31.1. The van der Waals surface area contributed by atoms with Crippen molar-refractivity contribution in [2.45, 2.75) is 198 Å². The van der Waals surface area contributed by atoms with E-state index in [0.29, 0.717) is 0 Å². The third kappa shape index (κ3) is 1.18. The summed E-state index contributed by atoms with van der Waals surface area (Å²) in [7, 11) is 0.541. The molecule has 4 unspecified atom stereocenters. The summed E-state index contributed by atoms with van der Waals surface area (Å²) in [6.45, 7) is -3.58. The van der Waals surface area contributed by atoms with Gasteiger partial charge in [-0.25, -0.2) is 0 Å². The summed E-state index contributed by atoms with van der Waals surface area (Å²) in [4.78, 5) is 12.5. The molecule has 26 rings (SSSR count). The zero-order valence-corrected chi connectivity index (χ0v) is 36.9. The molecule has 0 aromatic carbocycles. The first-order valence-electron chi connectivity index (χ1n) is 26.5. The summed E-state index contributed by atoms with van der Waals surface area (Å²) in [5.41, 5.74) is 5.21. The first-order valence-corrected chi connectivity index (χ1v) is 36.1. The Morgan fingerprint density at radius 1 is 0.291 bits per heavy atom. The zero-order valence-electron chi connectivity index (χ0n) is 34.0. The Balaban J connectivity index is 0.741. The normalized spacial score (nSPS) is 87.6. The van der Waals surface area contributed by atoms with Gasteiger partial charge in [-0.2, -0.15) is 0 Å². The molecule has 26 aliphatic rings. The van der Waals surface area contributed by atoms with E-state index < -0.39 is 6.51 Å². The Kier molecular flexibility index (Phi) is 2.96. The average molecular weight is 815 g/mol. The van der Waals surface area contributed by atoms with E-state index in [2.05, 4.69) is 12.3 Å². The Labute approximate surface area is 325 Å². The molecule has 0 aromatic rings. The minimum absolute atomic E-state index is 0.270. The van der Waals surface area contributed by atoms with E-state index in [9.17, 15) is 0 Å². The van der Waals surface area contributed by atoms with Crippen molar-refractivity contribution in [3.63, 3.8) is 0 Å². The van der Waals surface area contributed by atoms with Crippen molar-refractivity contribution < 1.29 is 6.51 Å². The van der Waals surface area contributed by atoms with Gasteiger partial charge in [0.15, 0.2) is 0 Å². The van der Waals surface area contributed by atoms with Crippen LogP contribution in [0, 0.1) is 94.7 Å². The number of fused-ring (bicyclic) bond motifs is 10. The molecule has 16 saturated carbocycles. The predicted molar refractivity (Wildman–Crippen MR) is 222 cm³/mol. The van der Waals surface area contributed by atoms with Crippen LogP contribution in [0.3, 0.4) is 0 Å². The minimum atomic E-state index is -3.58. The van der Waals surface area contributed by atoms with Gasteiger partial charge in [-0.05, 0) is 0 Å². The quantitative estimate of drug-likeness (QED) is 0.169. The van der Waals surface area contributed by atoms with Crippen LogP contribution in [0.5, 0.6) is 0 Å². The predicted octanol–water partition coefficient (Wildman–Crippen LogP) is 14.4. The van der Waals surface area contributed by atoms with Crippen LogP contribution in [0.4, 0.5) is 0 Å². The molecular formula is C52H72FeP2. The fourth-order valence-electron chi connectivity index (χ4n) is 37.5. The van der Waals surface area contributed by atoms with Crippen molar-refractivity contribution in [3.8, 4) is 0 Å². The van der Waals surface area contributed by atoms with E-state index >= 15 is 0 Å². The van der Waals surface area contributed by atoms with Crippen molar-refractivity contribution >= 4 is 15.8 Å². The molecule has 0 radical (unpaired) electrons. The van der Waals surface area contributed by atoms with Gasteiger partial charge >= 0.3 is 328 Å².